The van der Waals surface area contributed by atoms with Crippen LogP contribution in [0.15, 0.2) is 18.2 Å². The fourth-order valence-electron chi connectivity index (χ4n) is 1.25. The molecule has 0 bridgehead atoms. The van der Waals surface area contributed by atoms with Crippen molar-refractivity contribution in [2.24, 2.45) is 0 Å². The number of nitrogens with zero attached hydrogens (tertiary/aromatic N) is 3. The summed E-state index contributed by atoms with van der Waals surface area (Å²) in [4.78, 5) is 15.3. The highest BCUT2D eigenvalue weighted by Gasteiger charge is 2.28. The lowest BCUT2D eigenvalue weighted by molar-refractivity contribution is -0.404. The van der Waals surface area contributed by atoms with Gasteiger partial charge in [-0.2, -0.15) is 13.2 Å². The minimum Gasteiger partial charge on any atom is -0.358 e. The highest BCUT2D eigenvalue weighted by molar-refractivity contribution is 7.15. The van der Waals surface area contributed by atoms with Gasteiger partial charge >= 0.3 is 6.18 Å². The maximum atomic E-state index is 12.1. The van der Waals surface area contributed by atoms with E-state index in [-0.39, 0.29) is 16.8 Å². The van der Waals surface area contributed by atoms with E-state index in [9.17, 15) is 23.3 Å². The van der Waals surface area contributed by atoms with Crippen molar-refractivity contribution in [1.82, 2.24) is 15.2 Å². The molecule has 0 unspecified atom stereocenters. The molecular weight excluding hydrogens is 321 g/mol. The van der Waals surface area contributed by atoms with Gasteiger partial charge in [-0.25, -0.2) is 4.98 Å². The molecule has 0 atom stereocenters. The Hall–Kier alpha value is -1.55. The smallest absolute Gasteiger partial charge is 0.358 e. The maximum absolute atomic E-state index is 12.1. The zero-order valence-electron chi connectivity index (χ0n) is 10.1. The number of rotatable bonds is 6. The number of hydrogen-bond acceptors (Lipinski definition) is 6. The predicted octanol–water partition coefficient (Wildman–Crippen LogP) is 2.46. The maximum Gasteiger partial charge on any atom is 0.405 e. The largest absolute Gasteiger partial charge is 0.405 e. The number of hydrogen-bond donors (Lipinski definition) is 1. The molecule has 1 rings (SSSR count). The zero-order valence-corrected chi connectivity index (χ0v) is 11.7. The molecule has 1 aromatic rings. The Morgan fingerprint density at radius 3 is 2.80 bits per heavy atom. The second-order valence-corrected chi connectivity index (χ2v) is 5.40. The number of nitro groups is 1. The summed E-state index contributed by atoms with van der Waals surface area (Å²) in [5.74, 6) is -0.253. The standard InChI is InChI=1S/C9H10ClF3N4O2S/c1-16(3-6-2-14-8(10)20-6)7(4-17(18)19)15-5-9(11,12)13/h2,4,15H,3,5H2,1H3. The second-order valence-electron chi connectivity index (χ2n) is 3.70. The summed E-state index contributed by atoms with van der Waals surface area (Å²) in [5, 5.41) is 12.4. The summed E-state index contributed by atoms with van der Waals surface area (Å²) in [6.45, 7) is -1.21. The molecule has 20 heavy (non-hydrogen) atoms. The van der Waals surface area contributed by atoms with E-state index in [4.69, 9.17) is 11.6 Å². The Morgan fingerprint density at radius 1 is 1.70 bits per heavy atom. The van der Waals surface area contributed by atoms with Crippen LogP contribution in [-0.2, 0) is 6.54 Å². The lowest BCUT2D eigenvalue weighted by atomic mass is 10.4. The van der Waals surface area contributed by atoms with Crippen molar-refractivity contribution < 1.29 is 18.1 Å². The first-order valence-corrected chi connectivity index (χ1v) is 6.34. The quantitative estimate of drug-likeness (QED) is 0.641. The van der Waals surface area contributed by atoms with Gasteiger partial charge in [0.15, 0.2) is 10.3 Å². The lowest BCUT2D eigenvalue weighted by Gasteiger charge is -2.21. The van der Waals surface area contributed by atoms with E-state index >= 15 is 0 Å². The molecule has 1 aromatic heterocycles. The van der Waals surface area contributed by atoms with Crippen LogP contribution in [0.5, 0.6) is 0 Å². The highest BCUT2D eigenvalue weighted by Crippen LogP contribution is 2.20. The molecule has 1 N–H and O–H groups in total. The Kier molecular flexibility index (Phi) is 5.57. The predicted molar refractivity (Wildman–Crippen MR) is 67.7 cm³/mol. The van der Waals surface area contributed by atoms with E-state index in [1.807, 2.05) is 5.32 Å². The molecule has 0 aliphatic carbocycles. The van der Waals surface area contributed by atoms with Gasteiger partial charge in [0.2, 0.25) is 0 Å². The summed E-state index contributed by atoms with van der Waals surface area (Å²) < 4.78 is 36.7. The van der Waals surface area contributed by atoms with Crippen molar-refractivity contribution in [2.45, 2.75) is 12.7 Å². The first kappa shape index (κ1) is 16.5. The molecular formula is C9H10ClF3N4O2S. The van der Waals surface area contributed by atoms with Crippen LogP contribution in [0.3, 0.4) is 0 Å². The van der Waals surface area contributed by atoms with Crippen LogP contribution in [0.2, 0.25) is 4.47 Å². The Labute approximate surface area is 121 Å². The van der Waals surface area contributed by atoms with Crippen LogP contribution in [0, 0.1) is 10.1 Å². The third kappa shape index (κ3) is 6.06. The van der Waals surface area contributed by atoms with E-state index in [1.54, 1.807) is 0 Å². The lowest BCUT2D eigenvalue weighted by Crippen LogP contribution is -2.35. The van der Waals surface area contributed by atoms with Gasteiger partial charge in [-0.3, -0.25) is 10.1 Å². The molecule has 6 nitrogen and oxygen atoms in total. The van der Waals surface area contributed by atoms with Crippen molar-refractivity contribution >= 4 is 22.9 Å². The molecule has 11 heteroatoms. The molecule has 0 aliphatic rings. The van der Waals surface area contributed by atoms with Crippen molar-refractivity contribution in [3.05, 3.63) is 37.7 Å². The van der Waals surface area contributed by atoms with Crippen molar-refractivity contribution in [2.75, 3.05) is 13.6 Å². The summed E-state index contributed by atoms with van der Waals surface area (Å²) in [6.07, 6.45) is -2.53. The SMILES string of the molecule is CN(Cc1cnc(Cl)s1)C(=C[N+](=O)[O-])NCC(F)(F)F. The van der Waals surface area contributed by atoms with Crippen molar-refractivity contribution in [1.29, 1.82) is 0 Å². The monoisotopic (exact) mass is 330 g/mol. The zero-order chi connectivity index (χ0) is 15.3. The summed E-state index contributed by atoms with van der Waals surface area (Å²) in [7, 11) is 1.42. The van der Waals surface area contributed by atoms with Crippen LogP contribution in [0.4, 0.5) is 13.2 Å². The minimum absolute atomic E-state index is 0.148. The number of thiazole rings is 1. The molecule has 0 aromatic carbocycles. The number of nitrogens with one attached hydrogen (secondary N) is 1. The first-order valence-electron chi connectivity index (χ1n) is 5.14. The van der Waals surface area contributed by atoms with Gasteiger partial charge < -0.3 is 10.2 Å². The second kappa shape index (κ2) is 6.75. The number of halogens is 4. The molecule has 112 valence electrons. The minimum atomic E-state index is -4.47. The van der Waals surface area contributed by atoms with Gasteiger partial charge in [-0.05, 0) is 0 Å². The van der Waals surface area contributed by atoms with Gasteiger partial charge in [-0.1, -0.05) is 11.6 Å². The molecule has 0 saturated heterocycles. The van der Waals surface area contributed by atoms with Crippen LogP contribution in [0.25, 0.3) is 0 Å². The third-order valence-corrected chi connectivity index (χ3v) is 3.13. The van der Waals surface area contributed by atoms with E-state index in [0.29, 0.717) is 11.1 Å². The molecule has 0 spiro atoms. The average molecular weight is 331 g/mol. The summed E-state index contributed by atoms with van der Waals surface area (Å²) in [6, 6.07) is 0. The van der Waals surface area contributed by atoms with Gasteiger partial charge in [0.1, 0.15) is 6.54 Å². The van der Waals surface area contributed by atoms with E-state index < -0.39 is 17.6 Å². The Bertz CT molecular complexity index is 506. The number of alkyl halides is 3. The summed E-state index contributed by atoms with van der Waals surface area (Å²) in [5.41, 5.74) is 0. The topological polar surface area (TPSA) is 71.3 Å². The van der Waals surface area contributed by atoms with Gasteiger partial charge in [-0.15, -0.1) is 11.3 Å². The van der Waals surface area contributed by atoms with Crippen LogP contribution in [-0.4, -0.2) is 34.6 Å². The van der Waals surface area contributed by atoms with Gasteiger partial charge in [0, 0.05) is 18.1 Å². The van der Waals surface area contributed by atoms with Crippen molar-refractivity contribution in [3.8, 4) is 0 Å². The third-order valence-electron chi connectivity index (χ3n) is 2.03. The fraction of sp³-hybridized carbons (Fsp3) is 0.444. The van der Waals surface area contributed by atoms with E-state index in [0.717, 1.165) is 11.3 Å². The van der Waals surface area contributed by atoms with E-state index in [1.165, 1.54) is 18.1 Å². The Balaban J connectivity index is 2.74. The highest BCUT2D eigenvalue weighted by atomic mass is 35.5. The van der Waals surface area contributed by atoms with Crippen LogP contribution >= 0.6 is 22.9 Å². The van der Waals surface area contributed by atoms with Gasteiger partial charge in [0.05, 0.1) is 11.5 Å². The molecule has 0 fully saturated rings. The molecule has 0 aliphatic heterocycles. The molecule has 0 radical (unpaired) electrons. The van der Waals surface area contributed by atoms with Gasteiger partial charge in [0.25, 0.3) is 6.20 Å². The molecule has 1 heterocycles. The normalized spacial score (nSPS) is 12.3. The summed E-state index contributed by atoms with van der Waals surface area (Å²) >= 11 is 6.77. The Morgan fingerprint density at radius 2 is 2.35 bits per heavy atom. The average Bonchev–Trinajstić information content (AvgIpc) is 2.68. The van der Waals surface area contributed by atoms with Crippen LogP contribution in [0.1, 0.15) is 4.88 Å². The molecule has 0 saturated carbocycles. The van der Waals surface area contributed by atoms with Crippen LogP contribution < -0.4 is 5.32 Å². The van der Waals surface area contributed by atoms with E-state index in [2.05, 4.69) is 4.98 Å². The van der Waals surface area contributed by atoms with Crippen molar-refractivity contribution in [3.63, 3.8) is 0 Å². The molecule has 0 amide bonds. The number of aromatic nitrogens is 1. The first-order chi connectivity index (χ1) is 9.17. The fourth-order valence-corrected chi connectivity index (χ4v) is 2.28.